The van der Waals surface area contributed by atoms with Crippen LogP contribution in [0.5, 0.6) is 0 Å². The summed E-state index contributed by atoms with van der Waals surface area (Å²) in [7, 11) is 0. The maximum atomic E-state index is 12.8. The van der Waals surface area contributed by atoms with E-state index in [1.54, 1.807) is 0 Å². The molecule has 0 rings (SSSR count). The van der Waals surface area contributed by atoms with E-state index in [9.17, 15) is 19.2 Å². The number of hydrogen-bond acceptors (Lipinski definition) is 7. The first-order valence-electron chi connectivity index (χ1n) is 10.1. The van der Waals surface area contributed by atoms with Crippen LogP contribution in [0.25, 0.3) is 0 Å². The molecule has 0 radical (unpaired) electrons. The molecule has 3 amide bonds. The van der Waals surface area contributed by atoms with Gasteiger partial charge in [0, 0.05) is 0 Å². The standard InChI is InChI=1S/C19H37N5O6/c1-11(2)7-14(18(28)22-9-16(25)26)24-19(29)15(8-12(3)4)23-17(27)13(21)5-6-30-10-20/h11-15H,5-10,20-21H2,1-4H3,(H,22,28)(H,23,27)(H,24,29)(H,25,26)/t13-,14-,15-/m0/s1. The second kappa shape index (κ2) is 14.7. The molecule has 11 heteroatoms. The molecule has 0 heterocycles. The van der Waals surface area contributed by atoms with E-state index in [2.05, 4.69) is 16.0 Å². The summed E-state index contributed by atoms with van der Waals surface area (Å²) in [5, 5.41) is 16.3. The van der Waals surface area contributed by atoms with Crippen molar-refractivity contribution in [2.75, 3.05) is 19.9 Å². The van der Waals surface area contributed by atoms with Gasteiger partial charge in [0.25, 0.3) is 0 Å². The molecular weight excluding hydrogens is 394 g/mol. The van der Waals surface area contributed by atoms with Crippen molar-refractivity contribution in [3.05, 3.63) is 0 Å². The SMILES string of the molecule is CC(C)C[C@H](NC(=O)[C@H](CC(C)C)NC(=O)[C@@H](N)CCOCN)C(=O)NCC(=O)O. The van der Waals surface area contributed by atoms with E-state index in [-0.39, 0.29) is 31.6 Å². The van der Waals surface area contributed by atoms with Crippen LogP contribution in [0.15, 0.2) is 0 Å². The van der Waals surface area contributed by atoms with Gasteiger partial charge in [-0.15, -0.1) is 0 Å². The van der Waals surface area contributed by atoms with Crippen LogP contribution in [0.2, 0.25) is 0 Å². The zero-order chi connectivity index (χ0) is 23.3. The van der Waals surface area contributed by atoms with Crippen molar-refractivity contribution in [1.82, 2.24) is 16.0 Å². The van der Waals surface area contributed by atoms with Gasteiger partial charge < -0.3 is 37.3 Å². The minimum absolute atomic E-state index is 0.0217. The molecule has 0 aliphatic rings. The number of aliphatic carboxylic acids is 1. The summed E-state index contributed by atoms with van der Waals surface area (Å²) in [6.45, 7) is 7.23. The van der Waals surface area contributed by atoms with Gasteiger partial charge in [0.2, 0.25) is 17.7 Å². The van der Waals surface area contributed by atoms with Crippen molar-refractivity contribution in [1.29, 1.82) is 0 Å². The average molecular weight is 432 g/mol. The smallest absolute Gasteiger partial charge is 0.322 e. The molecule has 0 bridgehead atoms. The van der Waals surface area contributed by atoms with Gasteiger partial charge in [-0.1, -0.05) is 27.7 Å². The summed E-state index contributed by atoms with van der Waals surface area (Å²) in [6.07, 6.45) is 0.900. The van der Waals surface area contributed by atoms with E-state index < -0.39 is 48.4 Å². The first-order valence-corrected chi connectivity index (χ1v) is 10.1. The molecule has 0 aliphatic carbocycles. The molecule has 174 valence electrons. The van der Waals surface area contributed by atoms with Crippen molar-refractivity contribution in [3.63, 3.8) is 0 Å². The number of carbonyl (C=O) groups is 4. The third kappa shape index (κ3) is 12.3. The average Bonchev–Trinajstić information content (AvgIpc) is 2.64. The van der Waals surface area contributed by atoms with E-state index in [4.69, 9.17) is 21.3 Å². The Morgan fingerprint density at radius 3 is 1.87 bits per heavy atom. The number of nitrogens with one attached hydrogen (secondary N) is 3. The van der Waals surface area contributed by atoms with E-state index >= 15 is 0 Å². The Morgan fingerprint density at radius 2 is 1.40 bits per heavy atom. The third-order valence-electron chi connectivity index (χ3n) is 4.12. The van der Waals surface area contributed by atoms with Crippen molar-refractivity contribution >= 4 is 23.7 Å². The van der Waals surface area contributed by atoms with Gasteiger partial charge in [-0.25, -0.2) is 0 Å². The van der Waals surface area contributed by atoms with Crippen LogP contribution in [-0.2, 0) is 23.9 Å². The van der Waals surface area contributed by atoms with Crippen LogP contribution >= 0.6 is 0 Å². The van der Waals surface area contributed by atoms with Crippen LogP contribution in [0.3, 0.4) is 0 Å². The monoisotopic (exact) mass is 431 g/mol. The summed E-state index contributed by atoms with van der Waals surface area (Å²) in [6, 6.07) is -2.68. The molecule has 0 saturated heterocycles. The fourth-order valence-electron chi connectivity index (χ4n) is 2.67. The van der Waals surface area contributed by atoms with Gasteiger partial charge in [0.05, 0.1) is 19.4 Å². The predicted octanol–water partition coefficient (Wildman–Crippen LogP) is -1.10. The lowest BCUT2D eigenvalue weighted by molar-refractivity contribution is -0.138. The molecule has 0 fully saturated rings. The molecule has 0 spiro atoms. The topological polar surface area (TPSA) is 186 Å². The minimum atomic E-state index is -1.18. The Labute approximate surface area is 177 Å². The van der Waals surface area contributed by atoms with Crippen LogP contribution in [0.1, 0.15) is 47.0 Å². The molecule has 8 N–H and O–H groups in total. The molecule has 0 aliphatic heterocycles. The summed E-state index contributed by atoms with van der Waals surface area (Å²) < 4.78 is 4.98. The Bertz CT molecular complexity index is 570. The number of hydrogen-bond donors (Lipinski definition) is 6. The highest BCUT2D eigenvalue weighted by atomic mass is 16.5. The molecule has 0 aromatic carbocycles. The highest BCUT2D eigenvalue weighted by Crippen LogP contribution is 2.09. The highest BCUT2D eigenvalue weighted by molar-refractivity contribution is 5.93. The molecule has 0 saturated carbocycles. The summed E-state index contributed by atoms with van der Waals surface area (Å²) >= 11 is 0. The summed E-state index contributed by atoms with van der Waals surface area (Å²) in [5.41, 5.74) is 11.1. The number of carbonyl (C=O) groups excluding carboxylic acids is 3. The molecule has 0 aromatic rings. The number of nitrogens with two attached hydrogens (primary N) is 2. The maximum absolute atomic E-state index is 12.8. The van der Waals surface area contributed by atoms with E-state index in [1.807, 2.05) is 27.7 Å². The van der Waals surface area contributed by atoms with Crippen molar-refractivity contribution in [3.8, 4) is 0 Å². The molecule has 11 nitrogen and oxygen atoms in total. The van der Waals surface area contributed by atoms with E-state index in [1.165, 1.54) is 0 Å². The first kappa shape index (κ1) is 27.8. The predicted molar refractivity (Wildman–Crippen MR) is 111 cm³/mol. The normalized spacial score (nSPS) is 14.1. The lowest BCUT2D eigenvalue weighted by atomic mass is 9.99. The maximum Gasteiger partial charge on any atom is 0.322 e. The van der Waals surface area contributed by atoms with E-state index in [0.717, 1.165) is 0 Å². The largest absolute Gasteiger partial charge is 0.480 e. The Balaban J connectivity index is 5.15. The van der Waals surface area contributed by atoms with Crippen LogP contribution in [-0.4, -0.2) is 66.8 Å². The second-order valence-electron chi connectivity index (χ2n) is 7.96. The molecule has 0 aromatic heterocycles. The molecular formula is C19H37N5O6. The minimum Gasteiger partial charge on any atom is -0.480 e. The lowest BCUT2D eigenvalue weighted by Crippen LogP contribution is -2.56. The zero-order valence-corrected chi connectivity index (χ0v) is 18.3. The van der Waals surface area contributed by atoms with Crippen LogP contribution in [0.4, 0.5) is 0 Å². The van der Waals surface area contributed by atoms with Crippen molar-refractivity contribution < 1.29 is 29.0 Å². The first-order chi connectivity index (χ1) is 14.0. The summed E-state index contributed by atoms with van der Waals surface area (Å²) in [5.74, 6) is -2.66. The number of carboxylic acids is 1. The van der Waals surface area contributed by atoms with Gasteiger partial charge in [0.1, 0.15) is 18.6 Å². The summed E-state index contributed by atoms with van der Waals surface area (Å²) in [4.78, 5) is 48.2. The number of carboxylic acid groups (broad SMARTS) is 1. The van der Waals surface area contributed by atoms with E-state index in [0.29, 0.717) is 12.8 Å². The Kier molecular flexibility index (Phi) is 13.6. The van der Waals surface area contributed by atoms with Crippen molar-refractivity contribution in [2.24, 2.45) is 23.3 Å². The van der Waals surface area contributed by atoms with Gasteiger partial charge >= 0.3 is 5.97 Å². The van der Waals surface area contributed by atoms with Gasteiger partial charge in [-0.3, -0.25) is 19.2 Å². The zero-order valence-electron chi connectivity index (χ0n) is 18.3. The number of amides is 3. The van der Waals surface area contributed by atoms with Gasteiger partial charge in [-0.05, 0) is 31.1 Å². The van der Waals surface area contributed by atoms with Gasteiger partial charge in [-0.2, -0.15) is 0 Å². The number of rotatable bonds is 15. The number of ether oxygens (including phenoxy) is 1. The molecule has 3 atom stereocenters. The van der Waals surface area contributed by atoms with Gasteiger partial charge in [0.15, 0.2) is 0 Å². The van der Waals surface area contributed by atoms with Crippen LogP contribution < -0.4 is 27.4 Å². The Hall–Kier alpha value is -2.24. The Morgan fingerprint density at radius 1 is 0.900 bits per heavy atom. The van der Waals surface area contributed by atoms with Crippen LogP contribution in [0, 0.1) is 11.8 Å². The highest BCUT2D eigenvalue weighted by Gasteiger charge is 2.29. The van der Waals surface area contributed by atoms with Crippen molar-refractivity contribution in [2.45, 2.75) is 65.1 Å². The fourth-order valence-corrected chi connectivity index (χ4v) is 2.67. The molecule has 0 unspecified atom stereocenters. The third-order valence-corrected chi connectivity index (χ3v) is 4.12. The lowest BCUT2D eigenvalue weighted by Gasteiger charge is -2.25. The molecule has 30 heavy (non-hydrogen) atoms. The quantitative estimate of drug-likeness (QED) is 0.139. The fraction of sp³-hybridized carbons (Fsp3) is 0.789. The second-order valence-corrected chi connectivity index (χ2v) is 7.96.